The number of hydrogen-bond donors (Lipinski definition) is 1. The van der Waals surface area contributed by atoms with Crippen molar-refractivity contribution in [2.45, 2.75) is 65.0 Å². The molecule has 0 fully saturated rings. The van der Waals surface area contributed by atoms with Crippen molar-refractivity contribution < 1.29 is 4.79 Å². The van der Waals surface area contributed by atoms with Crippen molar-refractivity contribution in [3.05, 3.63) is 108 Å². The van der Waals surface area contributed by atoms with Gasteiger partial charge in [-0.1, -0.05) is 92.7 Å². The van der Waals surface area contributed by atoms with Crippen LogP contribution in [-0.4, -0.2) is 41.1 Å². The second-order valence-corrected chi connectivity index (χ2v) is 10.4. The average Bonchev–Trinajstić information content (AvgIpc) is 3.30. The van der Waals surface area contributed by atoms with Gasteiger partial charge in [0.05, 0.1) is 0 Å². The highest BCUT2D eigenvalue weighted by atomic mass is 16.1. The summed E-state index contributed by atoms with van der Waals surface area (Å²) >= 11 is 0. The Morgan fingerprint density at radius 3 is 2.18 bits per heavy atom. The second-order valence-electron chi connectivity index (χ2n) is 10.4. The predicted molar refractivity (Wildman–Crippen MR) is 160 cm³/mol. The summed E-state index contributed by atoms with van der Waals surface area (Å²) in [6, 6.07) is 29.9. The Labute approximate surface area is 228 Å². The Morgan fingerprint density at radius 2 is 1.50 bits per heavy atom. The molecule has 4 aromatic rings. The molecule has 0 aliphatic carbocycles. The van der Waals surface area contributed by atoms with Gasteiger partial charge in [0.2, 0.25) is 5.91 Å². The van der Waals surface area contributed by atoms with Gasteiger partial charge < -0.3 is 14.8 Å². The summed E-state index contributed by atoms with van der Waals surface area (Å²) in [7, 11) is 0. The van der Waals surface area contributed by atoms with Gasteiger partial charge in [-0.05, 0) is 74.5 Å². The van der Waals surface area contributed by atoms with Gasteiger partial charge in [0, 0.05) is 36.1 Å². The number of hydrogen-bond acceptors (Lipinski definition) is 2. The standard InChI is InChI=1S/C34H43N3O/c1-4-36(5-2)22-14-15-27(3)35-34(38)24-30(23-28-16-8-6-9-17-28)32-26-37(25-29-18-10-7-11-19-29)33-21-13-12-20-31(32)33/h6-13,16-21,26-27,30H,4-5,14-15,22-25H2,1-3H3,(H,35,38). The minimum Gasteiger partial charge on any atom is -0.354 e. The van der Waals surface area contributed by atoms with Gasteiger partial charge in [0.15, 0.2) is 0 Å². The summed E-state index contributed by atoms with van der Waals surface area (Å²) in [5.74, 6) is 0.239. The van der Waals surface area contributed by atoms with Crippen molar-refractivity contribution in [3.63, 3.8) is 0 Å². The first-order valence-electron chi connectivity index (χ1n) is 14.2. The summed E-state index contributed by atoms with van der Waals surface area (Å²) < 4.78 is 2.34. The van der Waals surface area contributed by atoms with E-state index in [9.17, 15) is 4.79 Å². The molecule has 0 aliphatic heterocycles. The zero-order chi connectivity index (χ0) is 26.7. The molecule has 0 saturated heterocycles. The quantitative estimate of drug-likeness (QED) is 0.198. The number of benzene rings is 3. The van der Waals surface area contributed by atoms with Crippen molar-refractivity contribution in [3.8, 4) is 0 Å². The number of amides is 1. The van der Waals surface area contributed by atoms with E-state index < -0.39 is 0 Å². The van der Waals surface area contributed by atoms with Crippen LogP contribution >= 0.6 is 0 Å². The van der Waals surface area contributed by atoms with Crippen LogP contribution in [0, 0.1) is 0 Å². The third-order valence-corrected chi connectivity index (χ3v) is 7.62. The van der Waals surface area contributed by atoms with E-state index >= 15 is 0 Å². The minimum atomic E-state index is 0.0993. The minimum absolute atomic E-state index is 0.0993. The van der Waals surface area contributed by atoms with Crippen LogP contribution in [-0.2, 0) is 17.8 Å². The van der Waals surface area contributed by atoms with Gasteiger partial charge in [0.25, 0.3) is 0 Å². The smallest absolute Gasteiger partial charge is 0.220 e. The van der Waals surface area contributed by atoms with Crippen LogP contribution in [0.1, 0.15) is 62.6 Å². The van der Waals surface area contributed by atoms with Crippen LogP contribution in [0.5, 0.6) is 0 Å². The molecule has 0 aliphatic rings. The van der Waals surface area contributed by atoms with Crippen LogP contribution in [0.3, 0.4) is 0 Å². The number of para-hydroxylation sites is 1. The number of aromatic nitrogens is 1. The molecule has 1 heterocycles. The summed E-state index contributed by atoms with van der Waals surface area (Å²) in [5, 5.41) is 4.55. The molecule has 38 heavy (non-hydrogen) atoms. The maximum atomic E-state index is 13.3. The lowest BCUT2D eigenvalue weighted by Crippen LogP contribution is -2.34. The molecule has 3 aromatic carbocycles. The molecule has 0 bridgehead atoms. The first kappa shape index (κ1) is 27.7. The number of carbonyl (C=O) groups excluding carboxylic acids is 1. The first-order valence-corrected chi connectivity index (χ1v) is 14.2. The van der Waals surface area contributed by atoms with Crippen LogP contribution in [0.2, 0.25) is 0 Å². The fourth-order valence-corrected chi connectivity index (χ4v) is 5.49. The lowest BCUT2D eigenvalue weighted by Gasteiger charge is -2.21. The van der Waals surface area contributed by atoms with Crippen LogP contribution in [0.4, 0.5) is 0 Å². The van der Waals surface area contributed by atoms with Crippen LogP contribution in [0.15, 0.2) is 91.1 Å². The Hall–Kier alpha value is -3.37. The van der Waals surface area contributed by atoms with E-state index in [1.165, 1.54) is 27.6 Å². The molecule has 200 valence electrons. The van der Waals surface area contributed by atoms with E-state index in [1.54, 1.807) is 0 Å². The molecule has 2 unspecified atom stereocenters. The average molecular weight is 510 g/mol. The monoisotopic (exact) mass is 509 g/mol. The third kappa shape index (κ3) is 7.58. The van der Waals surface area contributed by atoms with E-state index in [0.717, 1.165) is 45.4 Å². The normalized spacial score (nSPS) is 13.1. The highest BCUT2D eigenvalue weighted by Crippen LogP contribution is 2.33. The summed E-state index contributed by atoms with van der Waals surface area (Å²) in [6.45, 7) is 10.6. The molecule has 0 spiro atoms. The lowest BCUT2D eigenvalue weighted by atomic mass is 9.88. The number of rotatable bonds is 14. The van der Waals surface area contributed by atoms with Gasteiger partial charge in [-0.2, -0.15) is 0 Å². The van der Waals surface area contributed by atoms with Gasteiger partial charge in [-0.3, -0.25) is 4.79 Å². The highest BCUT2D eigenvalue weighted by Gasteiger charge is 2.22. The molecule has 4 heteroatoms. The zero-order valence-corrected chi connectivity index (χ0v) is 23.3. The Bertz CT molecular complexity index is 1260. The van der Waals surface area contributed by atoms with Crippen molar-refractivity contribution >= 4 is 16.8 Å². The van der Waals surface area contributed by atoms with E-state index in [0.29, 0.717) is 6.42 Å². The number of fused-ring (bicyclic) bond motifs is 1. The van der Waals surface area contributed by atoms with E-state index in [1.807, 2.05) is 0 Å². The van der Waals surface area contributed by atoms with Gasteiger partial charge in [-0.15, -0.1) is 0 Å². The molecule has 4 nitrogen and oxygen atoms in total. The van der Waals surface area contributed by atoms with Crippen molar-refractivity contribution in [1.29, 1.82) is 0 Å². The van der Waals surface area contributed by atoms with Crippen molar-refractivity contribution in [2.24, 2.45) is 0 Å². The molecular formula is C34H43N3O. The first-order chi connectivity index (χ1) is 18.6. The van der Waals surface area contributed by atoms with E-state index in [2.05, 4.69) is 127 Å². The maximum Gasteiger partial charge on any atom is 0.220 e. The number of nitrogens with one attached hydrogen (secondary N) is 1. The second kappa shape index (κ2) is 14.0. The SMILES string of the molecule is CCN(CC)CCCC(C)NC(=O)CC(Cc1ccccc1)c1cn(Cc2ccccc2)c2ccccc12. The summed E-state index contributed by atoms with van der Waals surface area (Å²) in [5.41, 5.74) is 5.01. The molecule has 0 radical (unpaired) electrons. The Kier molecular flexibility index (Phi) is 10.2. The fourth-order valence-electron chi connectivity index (χ4n) is 5.49. The van der Waals surface area contributed by atoms with Crippen molar-refractivity contribution in [1.82, 2.24) is 14.8 Å². The Morgan fingerprint density at radius 1 is 0.868 bits per heavy atom. The molecule has 1 N–H and O–H groups in total. The molecule has 2 atom stereocenters. The predicted octanol–water partition coefficient (Wildman–Crippen LogP) is 7.03. The Balaban J connectivity index is 1.53. The topological polar surface area (TPSA) is 37.3 Å². The molecule has 0 saturated carbocycles. The summed E-state index contributed by atoms with van der Waals surface area (Å²) in [4.78, 5) is 15.8. The van der Waals surface area contributed by atoms with Gasteiger partial charge in [-0.25, -0.2) is 0 Å². The van der Waals surface area contributed by atoms with E-state index in [-0.39, 0.29) is 17.9 Å². The molecule has 1 aromatic heterocycles. The summed E-state index contributed by atoms with van der Waals surface area (Å²) in [6.07, 6.45) is 5.70. The van der Waals surface area contributed by atoms with Crippen molar-refractivity contribution in [2.75, 3.05) is 19.6 Å². The number of nitrogens with zero attached hydrogens (tertiary/aromatic N) is 2. The number of carbonyl (C=O) groups is 1. The van der Waals surface area contributed by atoms with Crippen LogP contribution in [0.25, 0.3) is 10.9 Å². The van der Waals surface area contributed by atoms with Gasteiger partial charge >= 0.3 is 0 Å². The largest absolute Gasteiger partial charge is 0.354 e. The molecular weight excluding hydrogens is 466 g/mol. The lowest BCUT2D eigenvalue weighted by molar-refractivity contribution is -0.122. The van der Waals surface area contributed by atoms with Crippen LogP contribution < -0.4 is 5.32 Å². The third-order valence-electron chi connectivity index (χ3n) is 7.62. The molecule has 1 amide bonds. The van der Waals surface area contributed by atoms with E-state index in [4.69, 9.17) is 0 Å². The zero-order valence-electron chi connectivity index (χ0n) is 23.3. The molecule has 4 rings (SSSR count). The van der Waals surface area contributed by atoms with Gasteiger partial charge in [0.1, 0.15) is 0 Å². The highest BCUT2D eigenvalue weighted by molar-refractivity contribution is 5.86. The fraction of sp³-hybridized carbons (Fsp3) is 0.382. The maximum absolute atomic E-state index is 13.3.